The summed E-state index contributed by atoms with van der Waals surface area (Å²) in [4.78, 5) is 12.4. The maximum absolute atomic E-state index is 13.0. The highest BCUT2D eigenvalue weighted by atomic mass is 32.1. The van der Waals surface area contributed by atoms with Gasteiger partial charge in [0, 0.05) is 11.1 Å². The van der Waals surface area contributed by atoms with E-state index in [4.69, 9.17) is 5.73 Å². The number of halogens is 3. The van der Waals surface area contributed by atoms with Crippen LogP contribution in [0.15, 0.2) is 17.6 Å². The Bertz CT molecular complexity index is 718. The lowest BCUT2D eigenvalue weighted by atomic mass is 9.95. The monoisotopic (exact) mass is 359 g/mol. The molecule has 0 radical (unpaired) electrons. The first-order valence-corrected chi connectivity index (χ1v) is 8.48. The van der Waals surface area contributed by atoms with Crippen LogP contribution in [0.5, 0.6) is 0 Å². The Hall–Kier alpha value is -1.83. The Labute approximate surface area is 142 Å². The maximum atomic E-state index is 13.0. The van der Waals surface area contributed by atoms with Crippen molar-refractivity contribution in [3.63, 3.8) is 0 Å². The van der Waals surface area contributed by atoms with E-state index in [1.165, 1.54) is 0 Å². The number of hydrogen-bond donors (Lipinski definition) is 1. The first-order chi connectivity index (χ1) is 11.1. The number of alkyl halides is 3. The molecule has 1 amide bonds. The average molecular weight is 359 g/mol. The summed E-state index contributed by atoms with van der Waals surface area (Å²) in [5, 5.41) is 5.46. The quantitative estimate of drug-likeness (QED) is 0.838. The summed E-state index contributed by atoms with van der Waals surface area (Å²) in [6, 6.07) is 1.88. The fourth-order valence-corrected chi connectivity index (χ4v) is 3.78. The van der Waals surface area contributed by atoms with Crippen molar-refractivity contribution in [3.05, 3.63) is 39.3 Å². The van der Waals surface area contributed by atoms with Gasteiger partial charge in [-0.05, 0) is 35.3 Å². The zero-order valence-corrected chi connectivity index (χ0v) is 14.5. The molecule has 8 heteroatoms. The van der Waals surface area contributed by atoms with E-state index in [0.29, 0.717) is 11.8 Å². The highest BCUT2D eigenvalue weighted by Gasteiger charge is 2.38. The van der Waals surface area contributed by atoms with Crippen molar-refractivity contribution < 1.29 is 18.0 Å². The zero-order chi connectivity index (χ0) is 18.1. The molecule has 0 bridgehead atoms. The molecule has 24 heavy (non-hydrogen) atoms. The second-order valence-electron chi connectivity index (χ2n) is 6.29. The first-order valence-electron chi connectivity index (χ1n) is 7.60. The Balaban J connectivity index is 2.30. The summed E-state index contributed by atoms with van der Waals surface area (Å²) in [5.41, 5.74) is 4.12. The van der Waals surface area contributed by atoms with E-state index in [1.54, 1.807) is 11.3 Å². The summed E-state index contributed by atoms with van der Waals surface area (Å²) < 4.78 is 40.0. The number of carbonyl (C=O) groups is 1. The van der Waals surface area contributed by atoms with Crippen molar-refractivity contribution in [2.24, 2.45) is 11.7 Å². The van der Waals surface area contributed by atoms with Crippen molar-refractivity contribution >= 4 is 17.2 Å². The second-order valence-corrected chi connectivity index (χ2v) is 7.24. The molecule has 0 spiro atoms. The predicted octanol–water partition coefficient (Wildman–Crippen LogP) is 4.26. The smallest absolute Gasteiger partial charge is 0.365 e. The Morgan fingerprint density at radius 2 is 2.04 bits per heavy atom. The van der Waals surface area contributed by atoms with Gasteiger partial charge in [-0.15, -0.1) is 11.3 Å². The number of carbonyl (C=O) groups excluding carboxylic acids is 1. The zero-order valence-electron chi connectivity index (χ0n) is 13.7. The van der Waals surface area contributed by atoms with Crippen molar-refractivity contribution in [2.45, 2.75) is 45.8 Å². The van der Waals surface area contributed by atoms with Gasteiger partial charge in [-0.2, -0.15) is 18.3 Å². The third-order valence-electron chi connectivity index (χ3n) is 3.68. The molecule has 0 saturated carbocycles. The van der Waals surface area contributed by atoms with Gasteiger partial charge in [0.15, 0.2) is 5.69 Å². The lowest BCUT2D eigenvalue weighted by Crippen LogP contribution is -2.17. The number of thiophene rings is 1. The highest BCUT2D eigenvalue weighted by molar-refractivity contribution is 7.10. The Morgan fingerprint density at radius 1 is 1.38 bits per heavy atom. The number of primary amides is 1. The lowest BCUT2D eigenvalue weighted by Gasteiger charge is -2.14. The third-order valence-corrected chi connectivity index (χ3v) is 4.87. The van der Waals surface area contributed by atoms with E-state index in [1.807, 2.05) is 11.4 Å². The minimum Gasteiger partial charge on any atom is -0.365 e. The molecule has 2 N–H and O–H groups in total. The number of hydrogen-bond acceptors (Lipinski definition) is 3. The van der Waals surface area contributed by atoms with Gasteiger partial charge in [0.25, 0.3) is 5.91 Å². The van der Waals surface area contributed by atoms with Crippen LogP contribution in [0.1, 0.15) is 59.6 Å². The molecule has 1 unspecified atom stereocenters. The van der Waals surface area contributed by atoms with Crippen LogP contribution < -0.4 is 5.73 Å². The maximum Gasteiger partial charge on any atom is 0.435 e. The minimum absolute atomic E-state index is 0.178. The van der Waals surface area contributed by atoms with E-state index in [0.717, 1.165) is 27.7 Å². The van der Waals surface area contributed by atoms with Crippen LogP contribution in [-0.2, 0) is 12.7 Å². The second kappa shape index (κ2) is 6.96. The van der Waals surface area contributed by atoms with E-state index < -0.39 is 23.3 Å². The summed E-state index contributed by atoms with van der Waals surface area (Å²) in [5.74, 6) is -0.293. The van der Waals surface area contributed by atoms with E-state index in [-0.39, 0.29) is 6.54 Å². The number of nitrogens with zero attached hydrogens (tertiary/aromatic N) is 2. The molecule has 132 valence electrons. The predicted molar refractivity (Wildman–Crippen MR) is 87.0 cm³/mol. The number of rotatable bonds is 6. The molecule has 1 atom stereocenters. The molecule has 2 heterocycles. The van der Waals surface area contributed by atoms with Gasteiger partial charge >= 0.3 is 6.18 Å². The van der Waals surface area contributed by atoms with Gasteiger partial charge in [0.05, 0.1) is 12.1 Å². The molecular weight excluding hydrogens is 339 g/mol. The fraction of sp³-hybridized carbons (Fsp3) is 0.500. The molecule has 2 aromatic rings. The number of aromatic nitrogens is 2. The Kier molecular flexibility index (Phi) is 5.37. The Morgan fingerprint density at radius 3 is 2.54 bits per heavy atom. The van der Waals surface area contributed by atoms with Gasteiger partial charge in [-0.1, -0.05) is 20.8 Å². The standard InChI is InChI=1S/C16H20F3N3OS/c1-9(2)6-10(3)13-11(4-5-24-13)7-22-8-12(15(20)23)14(21-22)16(17,18)19/h4-5,8-10H,6-7H2,1-3H3,(H2,20,23). The van der Waals surface area contributed by atoms with Crippen LogP contribution in [0.25, 0.3) is 0 Å². The molecule has 0 aromatic carbocycles. The van der Waals surface area contributed by atoms with Crippen LogP contribution in [0.4, 0.5) is 13.2 Å². The van der Waals surface area contributed by atoms with Crippen molar-refractivity contribution in [1.82, 2.24) is 9.78 Å². The van der Waals surface area contributed by atoms with Crippen molar-refractivity contribution in [2.75, 3.05) is 0 Å². The van der Waals surface area contributed by atoms with Crippen molar-refractivity contribution in [3.8, 4) is 0 Å². The van der Waals surface area contributed by atoms with Gasteiger partial charge in [0.2, 0.25) is 0 Å². The molecule has 2 aromatic heterocycles. The highest BCUT2D eigenvalue weighted by Crippen LogP contribution is 2.33. The topological polar surface area (TPSA) is 60.9 Å². The minimum atomic E-state index is -4.71. The number of nitrogens with two attached hydrogens (primary N) is 1. The average Bonchev–Trinajstić information content (AvgIpc) is 3.04. The third kappa shape index (κ3) is 4.17. The van der Waals surface area contributed by atoms with Crippen LogP contribution in [-0.4, -0.2) is 15.7 Å². The summed E-state index contributed by atoms with van der Waals surface area (Å²) >= 11 is 1.59. The molecule has 0 aliphatic carbocycles. The van der Waals surface area contributed by atoms with Crippen molar-refractivity contribution in [1.29, 1.82) is 0 Å². The van der Waals surface area contributed by atoms with Gasteiger partial charge < -0.3 is 5.73 Å². The molecule has 0 saturated heterocycles. The van der Waals surface area contributed by atoms with E-state index in [9.17, 15) is 18.0 Å². The van der Waals surface area contributed by atoms with Gasteiger partial charge in [-0.25, -0.2) is 0 Å². The molecule has 0 aliphatic heterocycles. The van der Waals surface area contributed by atoms with Gasteiger partial charge in [-0.3, -0.25) is 9.48 Å². The van der Waals surface area contributed by atoms with Crippen LogP contribution in [0, 0.1) is 5.92 Å². The molecule has 0 aliphatic rings. The van der Waals surface area contributed by atoms with E-state index >= 15 is 0 Å². The largest absolute Gasteiger partial charge is 0.435 e. The van der Waals surface area contributed by atoms with Crippen LogP contribution in [0.2, 0.25) is 0 Å². The molecule has 0 fully saturated rings. The summed E-state index contributed by atoms with van der Waals surface area (Å²) in [6.07, 6.45) is -2.65. The fourth-order valence-electron chi connectivity index (χ4n) is 2.79. The SMILES string of the molecule is CC(C)CC(C)c1sccc1Cn1cc(C(N)=O)c(C(F)(F)F)n1. The normalized spacial score (nSPS) is 13.5. The molecular formula is C16H20F3N3OS. The van der Waals surface area contributed by atoms with Crippen LogP contribution >= 0.6 is 11.3 Å². The summed E-state index contributed by atoms with van der Waals surface area (Å²) in [6.45, 7) is 6.55. The van der Waals surface area contributed by atoms with Crippen LogP contribution in [0.3, 0.4) is 0 Å². The first kappa shape index (κ1) is 18.5. The van der Waals surface area contributed by atoms with E-state index in [2.05, 4.69) is 25.9 Å². The van der Waals surface area contributed by atoms with Gasteiger partial charge in [0.1, 0.15) is 0 Å². The number of amides is 1. The lowest BCUT2D eigenvalue weighted by molar-refractivity contribution is -0.141. The molecule has 4 nitrogen and oxygen atoms in total. The molecule has 2 rings (SSSR count). The summed E-state index contributed by atoms with van der Waals surface area (Å²) in [7, 11) is 0.